The molecule has 0 aliphatic heterocycles. The summed E-state index contributed by atoms with van der Waals surface area (Å²) >= 11 is 0. The standard InChI is InChI=1S/C17H22N4O2/c22-16(19-10-5-12-21-13-11-18-14-21)8-4-9-20-17(23)15-6-2-1-3-7-15/h1-3,6-7,11,13-14H,4-5,8-10,12H2,(H,19,22)(H,20,23). The van der Waals surface area contributed by atoms with Crippen LogP contribution in [-0.2, 0) is 11.3 Å². The predicted octanol–water partition coefficient (Wildman–Crippen LogP) is 1.60. The van der Waals surface area contributed by atoms with Crippen molar-refractivity contribution in [3.05, 3.63) is 54.6 Å². The maximum atomic E-state index is 11.8. The van der Waals surface area contributed by atoms with Crippen LogP contribution >= 0.6 is 0 Å². The summed E-state index contributed by atoms with van der Waals surface area (Å²) in [7, 11) is 0. The third-order valence-electron chi connectivity index (χ3n) is 3.38. The molecule has 0 atom stereocenters. The normalized spacial score (nSPS) is 10.3. The number of amides is 2. The topological polar surface area (TPSA) is 76.0 Å². The van der Waals surface area contributed by atoms with Crippen LogP contribution in [-0.4, -0.2) is 34.5 Å². The zero-order valence-electron chi connectivity index (χ0n) is 13.1. The van der Waals surface area contributed by atoms with Gasteiger partial charge in [0.2, 0.25) is 5.91 Å². The zero-order valence-corrected chi connectivity index (χ0v) is 13.1. The molecule has 0 spiro atoms. The molecule has 0 aliphatic carbocycles. The molecular weight excluding hydrogens is 292 g/mol. The first-order valence-corrected chi connectivity index (χ1v) is 7.81. The number of aryl methyl sites for hydroxylation is 1. The van der Waals surface area contributed by atoms with Gasteiger partial charge in [-0.2, -0.15) is 0 Å². The van der Waals surface area contributed by atoms with Crippen molar-refractivity contribution in [1.82, 2.24) is 20.2 Å². The van der Waals surface area contributed by atoms with Crippen molar-refractivity contribution in [3.63, 3.8) is 0 Å². The van der Waals surface area contributed by atoms with E-state index in [1.165, 1.54) is 0 Å². The largest absolute Gasteiger partial charge is 0.356 e. The van der Waals surface area contributed by atoms with Crippen LogP contribution in [0.15, 0.2) is 49.1 Å². The van der Waals surface area contributed by atoms with E-state index in [0.717, 1.165) is 13.0 Å². The van der Waals surface area contributed by atoms with Gasteiger partial charge in [-0.15, -0.1) is 0 Å². The van der Waals surface area contributed by atoms with E-state index in [0.29, 0.717) is 31.5 Å². The Morgan fingerprint density at radius 3 is 2.57 bits per heavy atom. The minimum atomic E-state index is -0.105. The molecule has 0 saturated heterocycles. The van der Waals surface area contributed by atoms with Crippen LogP contribution in [0.3, 0.4) is 0 Å². The molecular formula is C17H22N4O2. The quantitative estimate of drug-likeness (QED) is 0.690. The molecule has 23 heavy (non-hydrogen) atoms. The van der Waals surface area contributed by atoms with Crippen molar-refractivity contribution < 1.29 is 9.59 Å². The van der Waals surface area contributed by atoms with Gasteiger partial charge < -0.3 is 15.2 Å². The molecule has 0 radical (unpaired) electrons. The molecule has 6 heteroatoms. The highest BCUT2D eigenvalue weighted by atomic mass is 16.2. The first kappa shape index (κ1) is 16.7. The molecule has 0 saturated carbocycles. The first-order valence-electron chi connectivity index (χ1n) is 7.81. The molecule has 0 bridgehead atoms. The number of benzene rings is 1. The number of nitrogens with zero attached hydrogens (tertiary/aromatic N) is 2. The lowest BCUT2D eigenvalue weighted by Crippen LogP contribution is -2.28. The van der Waals surface area contributed by atoms with Crippen molar-refractivity contribution in [3.8, 4) is 0 Å². The number of nitrogens with one attached hydrogen (secondary N) is 2. The molecule has 122 valence electrons. The number of carbonyl (C=O) groups is 2. The number of hydrogen-bond acceptors (Lipinski definition) is 3. The molecule has 2 aromatic rings. The number of imidazole rings is 1. The van der Waals surface area contributed by atoms with E-state index < -0.39 is 0 Å². The highest BCUT2D eigenvalue weighted by molar-refractivity contribution is 5.94. The molecule has 6 nitrogen and oxygen atoms in total. The van der Waals surface area contributed by atoms with Crippen molar-refractivity contribution in [2.24, 2.45) is 0 Å². The van der Waals surface area contributed by atoms with Crippen LogP contribution in [0.4, 0.5) is 0 Å². The minimum Gasteiger partial charge on any atom is -0.356 e. The Morgan fingerprint density at radius 2 is 1.83 bits per heavy atom. The Bertz CT molecular complexity index is 596. The Labute approximate surface area is 135 Å². The Hall–Kier alpha value is -2.63. The maximum absolute atomic E-state index is 11.8. The average molecular weight is 314 g/mol. The third kappa shape index (κ3) is 6.34. The fraction of sp³-hybridized carbons (Fsp3) is 0.353. The van der Waals surface area contributed by atoms with Gasteiger partial charge in [-0.05, 0) is 25.0 Å². The van der Waals surface area contributed by atoms with Gasteiger partial charge in [-0.1, -0.05) is 18.2 Å². The van der Waals surface area contributed by atoms with E-state index in [1.807, 2.05) is 29.0 Å². The molecule has 2 N–H and O–H groups in total. The lowest BCUT2D eigenvalue weighted by atomic mass is 10.2. The first-order chi connectivity index (χ1) is 11.3. The van der Waals surface area contributed by atoms with Gasteiger partial charge in [-0.3, -0.25) is 9.59 Å². The van der Waals surface area contributed by atoms with E-state index in [4.69, 9.17) is 0 Å². The predicted molar refractivity (Wildman–Crippen MR) is 87.9 cm³/mol. The highest BCUT2D eigenvalue weighted by Crippen LogP contribution is 1.98. The van der Waals surface area contributed by atoms with Crippen LogP contribution in [0.25, 0.3) is 0 Å². The van der Waals surface area contributed by atoms with Crippen molar-refractivity contribution >= 4 is 11.8 Å². The van der Waals surface area contributed by atoms with Crippen LogP contribution in [0.2, 0.25) is 0 Å². The molecule has 0 fully saturated rings. The number of hydrogen-bond donors (Lipinski definition) is 2. The smallest absolute Gasteiger partial charge is 0.251 e. The molecule has 1 heterocycles. The monoisotopic (exact) mass is 314 g/mol. The second-order valence-electron chi connectivity index (χ2n) is 5.23. The molecule has 2 amide bonds. The van der Waals surface area contributed by atoms with Gasteiger partial charge in [0.1, 0.15) is 0 Å². The minimum absolute atomic E-state index is 0.0181. The van der Waals surface area contributed by atoms with Crippen molar-refractivity contribution in [1.29, 1.82) is 0 Å². The van der Waals surface area contributed by atoms with E-state index in [9.17, 15) is 9.59 Å². The van der Waals surface area contributed by atoms with Crippen LogP contribution in [0.1, 0.15) is 29.6 Å². The summed E-state index contributed by atoms with van der Waals surface area (Å²) in [5.74, 6) is -0.0871. The third-order valence-corrected chi connectivity index (χ3v) is 3.38. The van der Waals surface area contributed by atoms with Crippen LogP contribution in [0.5, 0.6) is 0 Å². The SMILES string of the molecule is O=C(CCCNC(=O)c1ccccc1)NCCCn1ccnc1. The van der Waals surface area contributed by atoms with E-state index in [2.05, 4.69) is 15.6 Å². The molecule has 0 aliphatic rings. The van der Waals surface area contributed by atoms with Crippen LogP contribution < -0.4 is 10.6 Å². The fourth-order valence-electron chi connectivity index (χ4n) is 2.14. The average Bonchev–Trinajstić information content (AvgIpc) is 3.09. The maximum Gasteiger partial charge on any atom is 0.251 e. The lowest BCUT2D eigenvalue weighted by molar-refractivity contribution is -0.121. The van der Waals surface area contributed by atoms with Gasteiger partial charge in [-0.25, -0.2) is 4.98 Å². The molecule has 1 aromatic heterocycles. The summed E-state index contributed by atoms with van der Waals surface area (Å²) in [6.45, 7) is 1.98. The lowest BCUT2D eigenvalue weighted by Gasteiger charge is -2.07. The summed E-state index contributed by atoms with van der Waals surface area (Å²) in [5, 5.41) is 5.69. The van der Waals surface area contributed by atoms with Gasteiger partial charge in [0.15, 0.2) is 0 Å². The summed E-state index contributed by atoms with van der Waals surface area (Å²) in [5.41, 5.74) is 0.636. The number of aromatic nitrogens is 2. The number of carbonyl (C=O) groups excluding carboxylic acids is 2. The van der Waals surface area contributed by atoms with E-state index >= 15 is 0 Å². The van der Waals surface area contributed by atoms with E-state index in [-0.39, 0.29) is 11.8 Å². The molecule has 2 rings (SSSR count). The summed E-state index contributed by atoms with van der Waals surface area (Å²) in [6.07, 6.45) is 7.32. The van der Waals surface area contributed by atoms with Crippen molar-refractivity contribution in [2.45, 2.75) is 25.8 Å². The Balaban J connectivity index is 1.50. The molecule has 0 unspecified atom stereocenters. The Morgan fingerprint density at radius 1 is 1.04 bits per heavy atom. The second kappa shape index (κ2) is 9.40. The van der Waals surface area contributed by atoms with Crippen molar-refractivity contribution in [2.75, 3.05) is 13.1 Å². The van der Waals surface area contributed by atoms with Gasteiger partial charge >= 0.3 is 0 Å². The van der Waals surface area contributed by atoms with Gasteiger partial charge in [0.25, 0.3) is 5.91 Å². The zero-order chi connectivity index (χ0) is 16.3. The van der Waals surface area contributed by atoms with E-state index in [1.54, 1.807) is 24.7 Å². The Kier molecular flexibility index (Phi) is 6.84. The summed E-state index contributed by atoms with van der Waals surface area (Å²) in [6, 6.07) is 9.05. The van der Waals surface area contributed by atoms with Crippen LogP contribution in [0, 0.1) is 0 Å². The fourth-order valence-corrected chi connectivity index (χ4v) is 2.14. The number of rotatable bonds is 9. The highest BCUT2D eigenvalue weighted by Gasteiger charge is 2.04. The molecule has 1 aromatic carbocycles. The van der Waals surface area contributed by atoms with Gasteiger partial charge in [0.05, 0.1) is 6.33 Å². The summed E-state index contributed by atoms with van der Waals surface area (Å²) < 4.78 is 1.98. The summed E-state index contributed by atoms with van der Waals surface area (Å²) in [4.78, 5) is 27.4. The second-order valence-corrected chi connectivity index (χ2v) is 5.23. The van der Waals surface area contributed by atoms with Gasteiger partial charge in [0, 0.05) is 44.0 Å².